The van der Waals surface area contributed by atoms with Crippen LogP contribution in [0.3, 0.4) is 0 Å². The van der Waals surface area contributed by atoms with Gasteiger partial charge in [0.15, 0.2) is 0 Å². The van der Waals surface area contributed by atoms with Crippen LogP contribution in [0.5, 0.6) is 0 Å². The lowest BCUT2D eigenvalue weighted by Crippen LogP contribution is -2.49. The summed E-state index contributed by atoms with van der Waals surface area (Å²) in [7, 11) is 0. The van der Waals surface area contributed by atoms with E-state index in [0.717, 1.165) is 31.6 Å². The van der Waals surface area contributed by atoms with E-state index in [1.807, 2.05) is 11.0 Å². The van der Waals surface area contributed by atoms with Gasteiger partial charge < -0.3 is 20.4 Å². The highest BCUT2D eigenvalue weighted by Gasteiger charge is 2.28. The van der Waals surface area contributed by atoms with Gasteiger partial charge in [0.2, 0.25) is 0 Å². The van der Waals surface area contributed by atoms with Crippen molar-refractivity contribution in [1.29, 1.82) is 0 Å². The van der Waals surface area contributed by atoms with Crippen LogP contribution in [0.2, 0.25) is 0 Å². The van der Waals surface area contributed by atoms with Crippen molar-refractivity contribution in [1.82, 2.24) is 9.80 Å². The number of hydrogen-bond donors (Lipinski definition) is 1. The molecular weight excluding hydrogens is 371 g/mol. The van der Waals surface area contributed by atoms with Gasteiger partial charge >= 0.3 is 0 Å². The van der Waals surface area contributed by atoms with E-state index in [2.05, 4.69) is 4.90 Å². The van der Waals surface area contributed by atoms with Gasteiger partial charge in [-0.15, -0.1) is 0 Å². The van der Waals surface area contributed by atoms with E-state index >= 15 is 0 Å². The highest BCUT2D eigenvalue weighted by atomic mass is 19.1. The average Bonchev–Trinajstić information content (AvgIpc) is 3.28. The number of carbonyl (C=O) groups is 2. The first-order valence-electron chi connectivity index (χ1n) is 10.0. The van der Waals surface area contributed by atoms with E-state index < -0.39 is 5.82 Å². The molecule has 2 saturated heterocycles. The standard InChI is InChI=1S/C22H25FN4O2/c23-19-6-2-1-5-17(19)21(28)27-13-11-25(12-14-27)20-8-7-16(24)15-18(20)22(29)26-9-3-4-10-26/h1-2,5-8,15H,3-4,9-14,24H2. The Morgan fingerprint density at radius 3 is 2.10 bits per heavy atom. The highest BCUT2D eigenvalue weighted by Crippen LogP contribution is 2.27. The summed E-state index contributed by atoms with van der Waals surface area (Å²) in [5, 5.41) is 0. The van der Waals surface area contributed by atoms with Crippen LogP contribution < -0.4 is 10.6 Å². The van der Waals surface area contributed by atoms with Gasteiger partial charge in [-0.2, -0.15) is 0 Å². The smallest absolute Gasteiger partial charge is 0.256 e. The van der Waals surface area contributed by atoms with Gasteiger partial charge in [-0.25, -0.2) is 4.39 Å². The number of anilines is 2. The molecule has 29 heavy (non-hydrogen) atoms. The fourth-order valence-corrected chi connectivity index (χ4v) is 4.05. The lowest BCUT2D eigenvalue weighted by atomic mass is 10.1. The van der Waals surface area contributed by atoms with Crippen molar-refractivity contribution >= 4 is 23.2 Å². The molecule has 2 heterocycles. The van der Waals surface area contributed by atoms with E-state index in [1.54, 1.807) is 29.2 Å². The number of carbonyl (C=O) groups excluding carboxylic acids is 2. The van der Waals surface area contributed by atoms with Gasteiger partial charge in [0.05, 0.1) is 11.1 Å². The maximum absolute atomic E-state index is 14.0. The average molecular weight is 396 g/mol. The second kappa shape index (κ2) is 8.11. The summed E-state index contributed by atoms with van der Waals surface area (Å²) in [5.74, 6) is -0.792. The minimum absolute atomic E-state index is 0.00895. The SMILES string of the molecule is Nc1ccc(N2CCN(C(=O)c3ccccc3F)CC2)c(C(=O)N2CCCC2)c1. The van der Waals surface area contributed by atoms with Gasteiger partial charge in [-0.05, 0) is 43.2 Å². The molecule has 0 bridgehead atoms. The quantitative estimate of drug-likeness (QED) is 0.810. The maximum atomic E-state index is 14.0. The summed E-state index contributed by atoms with van der Waals surface area (Å²) in [5.41, 5.74) is 8.07. The van der Waals surface area contributed by atoms with Gasteiger partial charge in [0.25, 0.3) is 11.8 Å². The molecule has 6 nitrogen and oxygen atoms in total. The van der Waals surface area contributed by atoms with Crippen LogP contribution in [0, 0.1) is 5.82 Å². The molecule has 0 aliphatic carbocycles. The number of likely N-dealkylation sites (tertiary alicyclic amines) is 1. The van der Waals surface area contributed by atoms with Gasteiger partial charge in [-0.1, -0.05) is 12.1 Å². The van der Waals surface area contributed by atoms with Crippen LogP contribution in [-0.2, 0) is 0 Å². The Balaban J connectivity index is 1.49. The predicted octanol–water partition coefficient (Wildman–Crippen LogP) is 2.61. The van der Waals surface area contributed by atoms with Crippen molar-refractivity contribution < 1.29 is 14.0 Å². The number of hydrogen-bond acceptors (Lipinski definition) is 4. The molecule has 0 spiro atoms. The Bertz CT molecular complexity index is 919. The molecule has 4 rings (SSSR count). The highest BCUT2D eigenvalue weighted by molar-refractivity contribution is 6.01. The number of halogens is 1. The molecule has 2 aliphatic rings. The Morgan fingerprint density at radius 1 is 0.793 bits per heavy atom. The lowest BCUT2D eigenvalue weighted by Gasteiger charge is -2.37. The van der Waals surface area contributed by atoms with E-state index in [0.29, 0.717) is 37.4 Å². The number of nitrogens with zero attached hydrogens (tertiary/aromatic N) is 3. The molecule has 2 aromatic rings. The molecule has 0 saturated carbocycles. The van der Waals surface area contributed by atoms with Crippen LogP contribution in [0.15, 0.2) is 42.5 Å². The zero-order valence-corrected chi connectivity index (χ0v) is 16.3. The summed E-state index contributed by atoms with van der Waals surface area (Å²) in [6.07, 6.45) is 2.06. The molecular formula is C22H25FN4O2. The third kappa shape index (κ3) is 3.90. The molecule has 0 radical (unpaired) electrons. The predicted molar refractivity (Wildman–Crippen MR) is 111 cm³/mol. The first-order valence-corrected chi connectivity index (χ1v) is 10.0. The Hall–Kier alpha value is -3.09. The van der Waals surface area contributed by atoms with Crippen LogP contribution >= 0.6 is 0 Å². The fourth-order valence-electron chi connectivity index (χ4n) is 4.05. The van der Waals surface area contributed by atoms with Crippen molar-refractivity contribution in [3.8, 4) is 0 Å². The maximum Gasteiger partial charge on any atom is 0.256 e. The van der Waals surface area contributed by atoms with E-state index in [-0.39, 0.29) is 17.4 Å². The first kappa shape index (κ1) is 19.2. The number of nitrogen functional groups attached to an aromatic ring is 1. The summed E-state index contributed by atoms with van der Waals surface area (Å²) in [4.78, 5) is 31.3. The number of benzene rings is 2. The van der Waals surface area contributed by atoms with Crippen molar-refractivity contribution in [2.45, 2.75) is 12.8 Å². The first-order chi connectivity index (χ1) is 14.0. The summed E-state index contributed by atoms with van der Waals surface area (Å²) >= 11 is 0. The molecule has 7 heteroatoms. The van der Waals surface area contributed by atoms with Crippen LogP contribution in [0.25, 0.3) is 0 Å². The van der Waals surface area contributed by atoms with Gasteiger partial charge in [0, 0.05) is 50.6 Å². The summed E-state index contributed by atoms with van der Waals surface area (Å²) < 4.78 is 14.0. The number of piperazine rings is 1. The normalized spacial score (nSPS) is 16.9. The van der Waals surface area contributed by atoms with Crippen LogP contribution in [0.1, 0.15) is 33.6 Å². The van der Waals surface area contributed by atoms with Crippen molar-refractivity contribution in [2.24, 2.45) is 0 Å². The topological polar surface area (TPSA) is 69.9 Å². The molecule has 0 unspecified atom stereocenters. The second-order valence-electron chi connectivity index (χ2n) is 7.53. The minimum Gasteiger partial charge on any atom is -0.399 e. The Labute approximate surface area is 169 Å². The van der Waals surface area contributed by atoms with Crippen molar-refractivity contribution in [2.75, 3.05) is 49.9 Å². The van der Waals surface area contributed by atoms with Crippen molar-refractivity contribution in [3.63, 3.8) is 0 Å². The molecule has 2 aliphatic heterocycles. The third-order valence-corrected chi connectivity index (χ3v) is 5.66. The largest absolute Gasteiger partial charge is 0.399 e. The van der Waals surface area contributed by atoms with Crippen LogP contribution in [0.4, 0.5) is 15.8 Å². The molecule has 152 valence electrons. The Kier molecular flexibility index (Phi) is 5.38. The van der Waals surface area contributed by atoms with Crippen molar-refractivity contribution in [3.05, 3.63) is 59.4 Å². The molecule has 2 amide bonds. The minimum atomic E-state index is -0.503. The summed E-state index contributed by atoms with van der Waals surface area (Å²) in [6, 6.07) is 11.5. The number of nitrogens with two attached hydrogens (primary N) is 1. The summed E-state index contributed by atoms with van der Waals surface area (Å²) in [6.45, 7) is 3.63. The molecule has 0 atom stereocenters. The van der Waals surface area contributed by atoms with E-state index in [9.17, 15) is 14.0 Å². The molecule has 0 aromatic heterocycles. The van der Waals surface area contributed by atoms with E-state index in [4.69, 9.17) is 5.73 Å². The molecule has 2 fully saturated rings. The van der Waals surface area contributed by atoms with Gasteiger partial charge in [0.1, 0.15) is 5.82 Å². The fraction of sp³-hybridized carbons (Fsp3) is 0.364. The molecule has 2 N–H and O–H groups in total. The van der Waals surface area contributed by atoms with Crippen LogP contribution in [-0.4, -0.2) is 60.9 Å². The lowest BCUT2D eigenvalue weighted by molar-refractivity contribution is 0.0738. The number of rotatable bonds is 3. The molecule has 2 aromatic carbocycles. The zero-order chi connectivity index (χ0) is 20.4. The van der Waals surface area contributed by atoms with E-state index in [1.165, 1.54) is 12.1 Å². The second-order valence-corrected chi connectivity index (χ2v) is 7.53. The Morgan fingerprint density at radius 2 is 1.41 bits per heavy atom. The zero-order valence-electron chi connectivity index (χ0n) is 16.3. The monoisotopic (exact) mass is 396 g/mol. The third-order valence-electron chi connectivity index (χ3n) is 5.66. The number of amides is 2. The van der Waals surface area contributed by atoms with Gasteiger partial charge in [-0.3, -0.25) is 9.59 Å².